The molecule has 84 valence electrons. The molecule has 0 bridgehead atoms. The van der Waals surface area contributed by atoms with Gasteiger partial charge in [-0.05, 0) is 20.8 Å². The zero-order valence-corrected chi connectivity index (χ0v) is 9.81. The van der Waals surface area contributed by atoms with Gasteiger partial charge in [0.1, 0.15) is 18.0 Å². The summed E-state index contributed by atoms with van der Waals surface area (Å²) in [6.07, 6.45) is 0. The lowest BCUT2D eigenvalue weighted by atomic mass is 10.2. The molecule has 0 spiro atoms. The van der Waals surface area contributed by atoms with Crippen LogP contribution >= 0.6 is 11.8 Å². The van der Waals surface area contributed by atoms with Crippen molar-refractivity contribution in [3.63, 3.8) is 0 Å². The fraction of sp³-hybridized carbons (Fsp3) is 0.667. The lowest BCUT2D eigenvalue weighted by Gasteiger charge is -2.19. The number of carbonyl (C=O) groups excluding carboxylic acids is 2. The van der Waals surface area contributed by atoms with Crippen molar-refractivity contribution < 1.29 is 14.3 Å². The molecule has 0 aromatic carbocycles. The molecule has 6 heteroatoms. The van der Waals surface area contributed by atoms with Crippen molar-refractivity contribution in [2.75, 3.05) is 12.3 Å². The molecule has 0 aliphatic carbocycles. The Hall–Kier alpha value is -1.04. The third-order valence-corrected chi connectivity index (χ3v) is 2.17. The van der Waals surface area contributed by atoms with Gasteiger partial charge in [-0.1, -0.05) is 11.8 Å². The Morgan fingerprint density at radius 1 is 1.60 bits per heavy atom. The van der Waals surface area contributed by atoms with Crippen LogP contribution in [0.4, 0.5) is 4.79 Å². The Morgan fingerprint density at radius 2 is 2.27 bits per heavy atom. The lowest BCUT2D eigenvalue weighted by Crippen LogP contribution is -2.34. The van der Waals surface area contributed by atoms with Crippen LogP contribution in [-0.2, 0) is 9.53 Å². The number of amides is 1. The second kappa shape index (κ2) is 4.65. The summed E-state index contributed by atoms with van der Waals surface area (Å²) in [5.41, 5.74) is -0.485. The van der Waals surface area contributed by atoms with E-state index in [0.29, 0.717) is 11.6 Å². The number of aliphatic imine (C=N–C) groups is 1. The molecule has 1 aliphatic rings. The minimum Gasteiger partial charge on any atom is -0.459 e. The van der Waals surface area contributed by atoms with Gasteiger partial charge in [0.2, 0.25) is 0 Å². The predicted octanol–water partition coefficient (Wildman–Crippen LogP) is 1.18. The molecule has 0 fully saturated rings. The van der Waals surface area contributed by atoms with E-state index < -0.39 is 5.60 Å². The minimum absolute atomic E-state index is 0.0456. The predicted molar refractivity (Wildman–Crippen MR) is 59.1 cm³/mol. The van der Waals surface area contributed by atoms with Crippen molar-refractivity contribution in [2.24, 2.45) is 4.99 Å². The van der Waals surface area contributed by atoms with Crippen molar-refractivity contribution in [1.29, 1.82) is 0 Å². The maximum absolute atomic E-state index is 11.3. The van der Waals surface area contributed by atoms with Gasteiger partial charge >= 0.3 is 11.2 Å². The molecule has 1 heterocycles. The summed E-state index contributed by atoms with van der Waals surface area (Å²) >= 11 is 1.11. The third kappa shape index (κ3) is 4.83. The van der Waals surface area contributed by atoms with E-state index in [1.165, 1.54) is 0 Å². The van der Waals surface area contributed by atoms with Crippen LogP contribution in [0.25, 0.3) is 0 Å². The number of thioether (sulfide) groups is 1. The number of nitrogens with zero attached hydrogens (tertiary/aromatic N) is 1. The van der Waals surface area contributed by atoms with Gasteiger partial charge < -0.3 is 10.1 Å². The molecule has 1 aliphatic heterocycles. The van der Waals surface area contributed by atoms with Gasteiger partial charge in [-0.2, -0.15) is 4.99 Å². The maximum atomic E-state index is 11.3. The lowest BCUT2D eigenvalue weighted by molar-refractivity contribution is -0.153. The van der Waals surface area contributed by atoms with Gasteiger partial charge in [0, 0.05) is 0 Å². The van der Waals surface area contributed by atoms with E-state index in [9.17, 15) is 9.59 Å². The monoisotopic (exact) mass is 230 g/mol. The SMILES string of the molecule is CC(C)(C)OC(=O)CNC1=NC(=O)SC1. The Morgan fingerprint density at radius 3 is 2.73 bits per heavy atom. The smallest absolute Gasteiger partial charge is 0.325 e. The van der Waals surface area contributed by atoms with Crippen LogP contribution in [-0.4, -0.2) is 34.9 Å². The normalized spacial score (nSPS) is 16.2. The fourth-order valence-electron chi connectivity index (χ4n) is 0.947. The Balaban J connectivity index is 2.29. The van der Waals surface area contributed by atoms with Crippen LogP contribution in [0.5, 0.6) is 0 Å². The first-order valence-electron chi connectivity index (χ1n) is 4.57. The van der Waals surface area contributed by atoms with Gasteiger partial charge in [-0.3, -0.25) is 9.59 Å². The van der Waals surface area contributed by atoms with Crippen molar-refractivity contribution in [3.8, 4) is 0 Å². The Bertz CT molecular complexity index is 307. The molecule has 1 N–H and O–H groups in total. The number of ether oxygens (including phenoxy) is 1. The first-order chi connectivity index (χ1) is 6.87. The molecular formula is C9H14N2O3S. The zero-order chi connectivity index (χ0) is 11.5. The molecule has 0 aromatic heterocycles. The number of hydrogen-bond donors (Lipinski definition) is 1. The van der Waals surface area contributed by atoms with E-state index in [4.69, 9.17) is 4.74 Å². The van der Waals surface area contributed by atoms with Crippen molar-refractivity contribution in [1.82, 2.24) is 5.32 Å². The van der Waals surface area contributed by atoms with Crippen molar-refractivity contribution >= 4 is 28.8 Å². The van der Waals surface area contributed by atoms with Gasteiger partial charge in [-0.25, -0.2) is 0 Å². The van der Waals surface area contributed by atoms with Crippen LogP contribution in [0.1, 0.15) is 20.8 Å². The van der Waals surface area contributed by atoms with Gasteiger partial charge in [-0.15, -0.1) is 0 Å². The topological polar surface area (TPSA) is 67.8 Å². The van der Waals surface area contributed by atoms with E-state index in [1.807, 2.05) is 0 Å². The molecule has 0 aromatic rings. The third-order valence-electron chi connectivity index (χ3n) is 1.42. The highest BCUT2D eigenvalue weighted by atomic mass is 32.2. The number of esters is 1. The minimum atomic E-state index is -0.485. The summed E-state index contributed by atoms with van der Waals surface area (Å²) < 4.78 is 5.08. The zero-order valence-electron chi connectivity index (χ0n) is 8.99. The van der Waals surface area contributed by atoms with Gasteiger partial charge in [0.05, 0.1) is 5.75 Å². The summed E-state index contributed by atoms with van der Waals surface area (Å²) in [7, 11) is 0. The maximum Gasteiger partial charge on any atom is 0.325 e. The van der Waals surface area contributed by atoms with Crippen LogP contribution in [0, 0.1) is 0 Å². The summed E-state index contributed by atoms with van der Waals surface area (Å²) in [5, 5.41) is 2.55. The van der Waals surface area contributed by atoms with E-state index in [2.05, 4.69) is 10.3 Å². The van der Waals surface area contributed by atoms with Crippen LogP contribution in [0.3, 0.4) is 0 Å². The van der Waals surface area contributed by atoms with E-state index in [0.717, 1.165) is 11.8 Å². The van der Waals surface area contributed by atoms with E-state index in [1.54, 1.807) is 20.8 Å². The molecule has 15 heavy (non-hydrogen) atoms. The summed E-state index contributed by atoms with van der Waals surface area (Å²) in [5.74, 6) is 0.687. The molecule has 0 radical (unpaired) electrons. The molecule has 1 amide bonds. The average molecular weight is 230 g/mol. The largest absolute Gasteiger partial charge is 0.459 e. The average Bonchev–Trinajstić information content (AvgIpc) is 2.45. The molecule has 1 rings (SSSR count). The molecule has 0 saturated carbocycles. The second-order valence-corrected chi connectivity index (χ2v) is 4.98. The summed E-state index contributed by atoms with van der Waals surface area (Å²) in [6, 6.07) is 0. The molecule has 5 nitrogen and oxygen atoms in total. The Kier molecular flexibility index (Phi) is 3.73. The second-order valence-electron chi connectivity index (χ2n) is 4.05. The van der Waals surface area contributed by atoms with E-state index >= 15 is 0 Å². The number of amidine groups is 1. The molecule has 0 saturated heterocycles. The van der Waals surface area contributed by atoms with Crippen molar-refractivity contribution in [3.05, 3.63) is 0 Å². The standard InChI is InChI=1S/C9H14N2O3S/c1-9(2,3)14-7(12)4-10-6-5-15-8(13)11-6/h4-5H2,1-3H3,(H,10,11,13). The first kappa shape index (κ1) is 12.0. The number of nitrogens with one attached hydrogen (secondary N) is 1. The Labute approximate surface area is 92.7 Å². The van der Waals surface area contributed by atoms with Crippen LogP contribution in [0.15, 0.2) is 4.99 Å². The highest BCUT2D eigenvalue weighted by Gasteiger charge is 2.18. The summed E-state index contributed by atoms with van der Waals surface area (Å²) in [6.45, 7) is 5.45. The quantitative estimate of drug-likeness (QED) is 0.721. The molecule has 0 unspecified atom stereocenters. The van der Waals surface area contributed by atoms with Crippen molar-refractivity contribution in [2.45, 2.75) is 26.4 Å². The molecular weight excluding hydrogens is 216 g/mol. The highest BCUT2D eigenvalue weighted by Crippen LogP contribution is 2.12. The summed E-state index contributed by atoms with van der Waals surface area (Å²) in [4.78, 5) is 25.7. The molecule has 0 atom stereocenters. The van der Waals surface area contributed by atoms with Gasteiger partial charge in [0.15, 0.2) is 0 Å². The first-order valence-corrected chi connectivity index (χ1v) is 5.55. The number of rotatable bonds is 2. The van der Waals surface area contributed by atoms with Gasteiger partial charge in [0.25, 0.3) is 0 Å². The number of hydrogen-bond acceptors (Lipinski definition) is 5. The fourth-order valence-corrected chi connectivity index (χ4v) is 1.55. The van der Waals surface area contributed by atoms with E-state index in [-0.39, 0.29) is 17.8 Å². The highest BCUT2D eigenvalue weighted by molar-refractivity contribution is 8.14. The number of carbonyl (C=O) groups is 2. The van der Waals surface area contributed by atoms with Crippen LogP contribution < -0.4 is 5.32 Å². The van der Waals surface area contributed by atoms with Crippen LogP contribution in [0.2, 0.25) is 0 Å².